The summed E-state index contributed by atoms with van der Waals surface area (Å²) < 4.78 is 31.2. The van der Waals surface area contributed by atoms with Crippen LogP contribution in [-0.4, -0.2) is 70.2 Å². The maximum absolute atomic E-state index is 15.1. The van der Waals surface area contributed by atoms with Crippen LogP contribution in [0, 0.1) is 22.1 Å². The van der Waals surface area contributed by atoms with E-state index in [0.29, 0.717) is 18.8 Å². The average Bonchev–Trinajstić information content (AvgIpc) is 2.75. The minimum absolute atomic E-state index is 0.0265. The number of carbonyl (C=O) groups excluding carboxylic acids is 1. The van der Waals surface area contributed by atoms with Crippen molar-refractivity contribution in [2.24, 2.45) is 0 Å². The van der Waals surface area contributed by atoms with Crippen molar-refractivity contribution in [3.63, 3.8) is 0 Å². The second-order valence-electron chi connectivity index (χ2n) is 8.24. The van der Waals surface area contributed by atoms with Gasteiger partial charge in [-0.2, -0.15) is 0 Å². The Balaban J connectivity index is 1.99. The van der Waals surface area contributed by atoms with E-state index in [1.807, 2.05) is 17.9 Å². The van der Waals surface area contributed by atoms with E-state index in [0.717, 1.165) is 15.2 Å². The number of β-amino-alcohol motifs (C(OH)–C–C–N with tert-alkyl or cyclic N) is 1. The molecule has 1 fully saturated rings. The van der Waals surface area contributed by atoms with E-state index < -0.39 is 40.3 Å². The van der Waals surface area contributed by atoms with E-state index in [1.165, 1.54) is 4.90 Å². The number of carboxylic acid groups (broad SMARTS) is 1. The Kier molecular flexibility index (Phi) is 7.91. The molecule has 7 nitrogen and oxygen atoms in total. The molecule has 1 aliphatic heterocycles. The molecule has 178 valence electrons. The topological polar surface area (TPSA) is 93.1 Å². The predicted octanol–water partition coefficient (Wildman–Crippen LogP) is 3.85. The van der Waals surface area contributed by atoms with Gasteiger partial charge in [-0.05, 0) is 73.2 Å². The van der Waals surface area contributed by atoms with Crippen molar-refractivity contribution >= 4 is 45.8 Å². The molecule has 3 rings (SSSR count). The Morgan fingerprint density at radius 1 is 1.12 bits per heavy atom. The Morgan fingerprint density at radius 3 is 2.42 bits per heavy atom. The smallest absolute Gasteiger partial charge is 0.337 e. The monoisotopic (exact) mass is 573 g/mol. The molecule has 0 aromatic heterocycles. The summed E-state index contributed by atoms with van der Waals surface area (Å²) in [5, 5.41) is 21.6. The number of piperazine rings is 1. The maximum Gasteiger partial charge on any atom is 0.337 e. The number of hydrogen-bond donors (Lipinski definition) is 3. The third-order valence-corrected chi connectivity index (χ3v) is 6.55. The molecule has 1 heterocycles. The molecule has 33 heavy (non-hydrogen) atoms. The number of benzene rings is 2. The van der Waals surface area contributed by atoms with Gasteiger partial charge in [0.05, 0.1) is 23.4 Å². The molecule has 0 spiro atoms. The number of aromatic carboxylic acids is 1. The highest BCUT2D eigenvalue weighted by Crippen LogP contribution is 2.32. The van der Waals surface area contributed by atoms with E-state index in [9.17, 15) is 19.8 Å². The Morgan fingerprint density at radius 2 is 1.82 bits per heavy atom. The molecule has 0 radical (unpaired) electrons. The lowest BCUT2D eigenvalue weighted by Crippen LogP contribution is -2.58. The minimum Gasteiger partial charge on any atom is -0.478 e. The van der Waals surface area contributed by atoms with Crippen LogP contribution in [0.15, 0.2) is 24.3 Å². The van der Waals surface area contributed by atoms with Gasteiger partial charge >= 0.3 is 5.97 Å². The highest BCUT2D eigenvalue weighted by Gasteiger charge is 2.35. The zero-order valence-corrected chi connectivity index (χ0v) is 20.7. The molecule has 1 saturated heterocycles. The summed E-state index contributed by atoms with van der Waals surface area (Å²) >= 11 is 2.11. The molecule has 2 atom stereocenters. The van der Waals surface area contributed by atoms with Crippen molar-refractivity contribution in [2.45, 2.75) is 32.9 Å². The number of anilines is 2. The molecule has 0 saturated carbocycles. The number of nitrogens with zero attached hydrogens (tertiary/aromatic N) is 2. The SMILES string of the molecule is Cc1cc(I)ccc1Nc1c(C(=O)O)cc(C(=O)N2CC(C)N(CCO)CC2C)c(F)c1F. The van der Waals surface area contributed by atoms with E-state index in [1.54, 1.807) is 26.0 Å². The zero-order valence-electron chi connectivity index (χ0n) is 18.5. The van der Waals surface area contributed by atoms with Gasteiger partial charge in [-0.1, -0.05) is 0 Å². The lowest BCUT2D eigenvalue weighted by molar-refractivity contribution is 0.0262. The minimum atomic E-state index is -1.48. The van der Waals surface area contributed by atoms with Gasteiger partial charge in [-0.3, -0.25) is 9.69 Å². The number of amides is 1. The highest BCUT2D eigenvalue weighted by molar-refractivity contribution is 14.1. The number of hydrogen-bond acceptors (Lipinski definition) is 5. The number of carboxylic acids is 1. The van der Waals surface area contributed by atoms with Crippen LogP contribution in [0.3, 0.4) is 0 Å². The molecule has 0 aliphatic carbocycles. The van der Waals surface area contributed by atoms with Crippen LogP contribution in [0.4, 0.5) is 20.2 Å². The van der Waals surface area contributed by atoms with Crippen molar-refractivity contribution < 1.29 is 28.6 Å². The zero-order chi connectivity index (χ0) is 24.4. The second-order valence-corrected chi connectivity index (χ2v) is 9.48. The van der Waals surface area contributed by atoms with Crippen molar-refractivity contribution in [1.82, 2.24) is 9.80 Å². The fourth-order valence-corrected chi connectivity index (χ4v) is 4.70. The summed E-state index contributed by atoms with van der Waals surface area (Å²) in [6, 6.07) is 5.67. The number of rotatable bonds is 6. The van der Waals surface area contributed by atoms with Crippen LogP contribution >= 0.6 is 22.6 Å². The molecule has 2 unspecified atom stereocenters. The van der Waals surface area contributed by atoms with Crippen molar-refractivity contribution in [2.75, 3.05) is 31.6 Å². The summed E-state index contributed by atoms with van der Waals surface area (Å²) in [7, 11) is 0. The summed E-state index contributed by atoms with van der Waals surface area (Å²) in [4.78, 5) is 28.5. The van der Waals surface area contributed by atoms with Gasteiger partial charge in [0.25, 0.3) is 5.91 Å². The summed E-state index contributed by atoms with van der Waals surface area (Å²) in [5.41, 5.74) is -0.534. The van der Waals surface area contributed by atoms with Gasteiger partial charge in [0.1, 0.15) is 0 Å². The van der Waals surface area contributed by atoms with Crippen molar-refractivity contribution in [3.05, 3.63) is 56.2 Å². The first-order valence-corrected chi connectivity index (χ1v) is 11.6. The molecule has 1 aliphatic rings. The van der Waals surface area contributed by atoms with Crippen LogP contribution < -0.4 is 5.32 Å². The largest absolute Gasteiger partial charge is 0.478 e. The summed E-state index contributed by atoms with van der Waals surface area (Å²) in [6.07, 6.45) is 0. The van der Waals surface area contributed by atoms with Gasteiger partial charge in [0.15, 0.2) is 11.6 Å². The Labute approximate surface area is 204 Å². The first-order chi connectivity index (χ1) is 15.5. The maximum atomic E-state index is 15.1. The van der Waals surface area contributed by atoms with Crippen LogP contribution in [0.25, 0.3) is 0 Å². The fraction of sp³-hybridized carbons (Fsp3) is 0.391. The van der Waals surface area contributed by atoms with Gasteiger partial charge in [-0.15, -0.1) is 0 Å². The van der Waals surface area contributed by atoms with E-state index in [2.05, 4.69) is 27.9 Å². The van der Waals surface area contributed by atoms with Crippen LogP contribution in [0.5, 0.6) is 0 Å². The molecular formula is C23H26F2IN3O4. The van der Waals surface area contributed by atoms with Gasteiger partial charge in [0.2, 0.25) is 0 Å². The number of aliphatic hydroxyl groups is 1. The first-order valence-electron chi connectivity index (χ1n) is 10.5. The number of carbonyl (C=O) groups is 2. The van der Waals surface area contributed by atoms with Crippen LogP contribution in [0.2, 0.25) is 0 Å². The first kappa shape index (κ1) is 25.3. The number of aryl methyl sites for hydroxylation is 1. The molecule has 0 bridgehead atoms. The van der Waals surface area contributed by atoms with Gasteiger partial charge in [0, 0.05) is 41.0 Å². The molecule has 2 aromatic rings. The quantitative estimate of drug-likeness (QED) is 0.455. The average molecular weight is 573 g/mol. The normalized spacial score (nSPS) is 18.9. The third-order valence-electron chi connectivity index (χ3n) is 5.88. The lowest BCUT2D eigenvalue weighted by Gasteiger charge is -2.44. The number of nitrogens with one attached hydrogen (secondary N) is 1. The van der Waals surface area contributed by atoms with E-state index in [-0.39, 0.29) is 25.2 Å². The number of halogens is 3. The Hall–Kier alpha value is -2.31. The molecule has 3 N–H and O–H groups in total. The van der Waals surface area contributed by atoms with Crippen LogP contribution in [-0.2, 0) is 0 Å². The van der Waals surface area contributed by atoms with Gasteiger partial charge in [-0.25, -0.2) is 13.6 Å². The lowest BCUT2D eigenvalue weighted by atomic mass is 10.0. The van der Waals surface area contributed by atoms with Crippen molar-refractivity contribution in [1.29, 1.82) is 0 Å². The predicted molar refractivity (Wildman–Crippen MR) is 129 cm³/mol. The molecule has 10 heteroatoms. The fourth-order valence-electron chi connectivity index (χ4n) is 4.05. The standard InChI is InChI=1S/C23H26F2IN3O4/c1-12-8-15(26)4-5-18(12)27-21-17(23(32)33)9-16(19(24)20(21)25)22(31)29-11-13(2)28(6-7-30)10-14(29)3/h4-5,8-9,13-14,27,30H,6-7,10-11H2,1-3H3,(H,32,33). The van der Waals surface area contributed by atoms with E-state index in [4.69, 9.17) is 0 Å². The second kappa shape index (κ2) is 10.3. The molecule has 2 aromatic carbocycles. The van der Waals surface area contributed by atoms with Gasteiger partial charge < -0.3 is 20.4 Å². The number of aliphatic hydroxyl groups excluding tert-OH is 1. The highest BCUT2D eigenvalue weighted by atomic mass is 127. The summed E-state index contributed by atoms with van der Waals surface area (Å²) in [5.74, 6) is -5.07. The van der Waals surface area contributed by atoms with Crippen LogP contribution in [0.1, 0.15) is 40.1 Å². The Bertz CT molecular complexity index is 1080. The molecule has 1 amide bonds. The third kappa shape index (κ3) is 5.28. The van der Waals surface area contributed by atoms with E-state index >= 15 is 8.78 Å². The van der Waals surface area contributed by atoms with Crippen molar-refractivity contribution in [3.8, 4) is 0 Å². The molecular weight excluding hydrogens is 547 g/mol. The summed E-state index contributed by atoms with van der Waals surface area (Å²) in [6.45, 7) is 6.52.